The number of thioether (sulfide) groups is 1. The van der Waals surface area contributed by atoms with Gasteiger partial charge in [-0.3, -0.25) is 9.59 Å². The van der Waals surface area contributed by atoms with Crippen molar-refractivity contribution in [2.75, 3.05) is 23.4 Å². The molecule has 0 saturated carbocycles. The van der Waals surface area contributed by atoms with E-state index >= 15 is 0 Å². The van der Waals surface area contributed by atoms with Crippen molar-refractivity contribution >= 4 is 64.1 Å². The Hall–Kier alpha value is -0.210. The molecule has 2 rings (SSSR count). The zero-order valence-corrected chi connectivity index (χ0v) is 14.5. The SMILES string of the molecule is Cl.Cl.O=C(CC1CSCCN1)Nc1cc(Br)c[nH]c1=O. The highest BCUT2D eigenvalue weighted by atomic mass is 79.9. The molecule has 1 saturated heterocycles. The van der Waals surface area contributed by atoms with E-state index in [-0.39, 0.29) is 48.0 Å². The molecule has 2 heterocycles. The fraction of sp³-hybridized carbons (Fsp3) is 0.455. The molecule has 1 aliphatic heterocycles. The number of carbonyl (C=O) groups excluding carboxylic acids is 1. The zero-order valence-electron chi connectivity index (χ0n) is 10.5. The van der Waals surface area contributed by atoms with Crippen LogP contribution in [0.4, 0.5) is 5.69 Å². The summed E-state index contributed by atoms with van der Waals surface area (Å²) >= 11 is 5.09. The van der Waals surface area contributed by atoms with E-state index in [1.165, 1.54) is 6.20 Å². The molecule has 20 heavy (non-hydrogen) atoms. The van der Waals surface area contributed by atoms with Gasteiger partial charge in [-0.15, -0.1) is 24.8 Å². The second-order valence-corrected chi connectivity index (χ2v) is 6.10. The fourth-order valence-corrected chi connectivity index (χ4v) is 3.02. The van der Waals surface area contributed by atoms with E-state index in [4.69, 9.17) is 0 Å². The van der Waals surface area contributed by atoms with Gasteiger partial charge in [-0.25, -0.2) is 0 Å². The Balaban J connectivity index is 0.00000180. The second-order valence-electron chi connectivity index (χ2n) is 4.04. The molecule has 3 N–H and O–H groups in total. The number of pyridine rings is 1. The number of halogens is 3. The van der Waals surface area contributed by atoms with E-state index in [9.17, 15) is 9.59 Å². The van der Waals surface area contributed by atoms with Crippen LogP contribution in [0.1, 0.15) is 6.42 Å². The summed E-state index contributed by atoms with van der Waals surface area (Å²) in [6.07, 6.45) is 1.93. The molecule has 1 aliphatic rings. The monoisotopic (exact) mass is 403 g/mol. The lowest BCUT2D eigenvalue weighted by Gasteiger charge is -2.22. The van der Waals surface area contributed by atoms with Crippen molar-refractivity contribution in [1.82, 2.24) is 10.3 Å². The average molecular weight is 405 g/mol. The van der Waals surface area contributed by atoms with Gasteiger partial charge in [-0.05, 0) is 22.0 Å². The lowest BCUT2D eigenvalue weighted by Crippen LogP contribution is -2.40. The molecule has 1 aromatic rings. The maximum Gasteiger partial charge on any atom is 0.271 e. The fourth-order valence-electron chi connectivity index (χ4n) is 1.73. The highest BCUT2D eigenvalue weighted by Crippen LogP contribution is 2.13. The third-order valence-electron chi connectivity index (χ3n) is 2.57. The molecular formula is C11H16BrCl2N3O2S. The van der Waals surface area contributed by atoms with Gasteiger partial charge in [0.05, 0.1) is 0 Å². The van der Waals surface area contributed by atoms with Gasteiger partial charge in [0.15, 0.2) is 0 Å². The summed E-state index contributed by atoms with van der Waals surface area (Å²) < 4.78 is 0.726. The number of H-pyrrole nitrogens is 1. The van der Waals surface area contributed by atoms with Gasteiger partial charge in [0, 0.05) is 41.2 Å². The summed E-state index contributed by atoms with van der Waals surface area (Å²) in [6, 6.07) is 1.79. The van der Waals surface area contributed by atoms with Gasteiger partial charge in [0.2, 0.25) is 5.91 Å². The number of amides is 1. The van der Waals surface area contributed by atoms with Crippen molar-refractivity contribution in [2.45, 2.75) is 12.5 Å². The number of hydrogen-bond acceptors (Lipinski definition) is 4. The third-order valence-corrected chi connectivity index (χ3v) is 4.16. The largest absolute Gasteiger partial charge is 0.326 e. The standard InChI is InChI=1S/C11H14BrN3O2S.2ClH/c12-7-3-9(11(17)14-5-7)15-10(16)4-8-6-18-2-1-13-8;;/h3,5,8,13H,1-2,4,6H2,(H,14,17)(H,15,16);2*1H. The normalized spacial score (nSPS) is 17.6. The van der Waals surface area contributed by atoms with Gasteiger partial charge < -0.3 is 15.6 Å². The molecule has 5 nitrogen and oxygen atoms in total. The number of carbonyl (C=O) groups is 1. The lowest BCUT2D eigenvalue weighted by molar-refractivity contribution is -0.116. The minimum atomic E-state index is -0.294. The highest BCUT2D eigenvalue weighted by Gasteiger charge is 2.17. The van der Waals surface area contributed by atoms with Crippen LogP contribution in [0.5, 0.6) is 0 Å². The predicted molar refractivity (Wildman–Crippen MR) is 91.6 cm³/mol. The topological polar surface area (TPSA) is 74.0 Å². The molecule has 114 valence electrons. The molecule has 9 heteroatoms. The first-order valence-electron chi connectivity index (χ1n) is 5.64. The Bertz CT molecular complexity index is 495. The summed E-state index contributed by atoms with van der Waals surface area (Å²) in [5, 5.41) is 5.92. The van der Waals surface area contributed by atoms with Crippen LogP contribution in [-0.2, 0) is 4.79 Å². The Labute approximate surface area is 142 Å². The smallest absolute Gasteiger partial charge is 0.271 e. The minimum absolute atomic E-state index is 0. The Morgan fingerprint density at radius 3 is 2.90 bits per heavy atom. The van der Waals surface area contributed by atoms with Crippen LogP contribution < -0.4 is 16.2 Å². The van der Waals surface area contributed by atoms with E-state index in [1.807, 2.05) is 11.8 Å². The van der Waals surface area contributed by atoms with E-state index in [0.29, 0.717) is 6.42 Å². The average Bonchev–Trinajstić information content (AvgIpc) is 2.35. The van der Waals surface area contributed by atoms with Crippen LogP contribution >= 0.6 is 52.5 Å². The molecule has 1 atom stereocenters. The number of anilines is 1. The Morgan fingerprint density at radius 1 is 1.50 bits per heavy atom. The first-order valence-corrected chi connectivity index (χ1v) is 7.59. The summed E-state index contributed by atoms with van der Waals surface area (Å²) in [4.78, 5) is 25.8. The highest BCUT2D eigenvalue weighted by molar-refractivity contribution is 9.10. The first-order chi connectivity index (χ1) is 8.65. The lowest BCUT2D eigenvalue weighted by atomic mass is 10.2. The van der Waals surface area contributed by atoms with Crippen molar-refractivity contribution in [3.63, 3.8) is 0 Å². The van der Waals surface area contributed by atoms with E-state index in [0.717, 1.165) is 22.5 Å². The maximum atomic E-state index is 11.8. The van der Waals surface area contributed by atoms with Gasteiger partial charge in [-0.1, -0.05) is 0 Å². The van der Waals surface area contributed by atoms with Crippen LogP contribution in [0.15, 0.2) is 21.5 Å². The maximum absolute atomic E-state index is 11.8. The molecule has 0 spiro atoms. The summed E-state index contributed by atoms with van der Waals surface area (Å²) in [5.74, 6) is 1.88. The van der Waals surface area contributed by atoms with Crippen molar-refractivity contribution < 1.29 is 4.79 Å². The molecule has 1 aromatic heterocycles. The molecule has 0 radical (unpaired) electrons. The second kappa shape index (κ2) is 9.68. The number of aromatic amines is 1. The van der Waals surface area contributed by atoms with Crippen LogP contribution in [0, 0.1) is 0 Å². The number of aromatic nitrogens is 1. The van der Waals surface area contributed by atoms with Gasteiger partial charge >= 0.3 is 0 Å². The summed E-state index contributed by atoms with van der Waals surface area (Å²) in [7, 11) is 0. The quantitative estimate of drug-likeness (QED) is 0.720. The molecule has 0 bridgehead atoms. The number of nitrogens with one attached hydrogen (secondary N) is 3. The number of rotatable bonds is 3. The van der Waals surface area contributed by atoms with Gasteiger partial charge in [0.25, 0.3) is 5.56 Å². The zero-order chi connectivity index (χ0) is 13.0. The number of hydrogen-bond donors (Lipinski definition) is 3. The van der Waals surface area contributed by atoms with E-state index in [2.05, 4.69) is 31.5 Å². The van der Waals surface area contributed by atoms with Crippen molar-refractivity contribution in [2.24, 2.45) is 0 Å². The third kappa shape index (κ3) is 6.05. The van der Waals surface area contributed by atoms with Crippen molar-refractivity contribution in [3.8, 4) is 0 Å². The summed E-state index contributed by atoms with van der Waals surface area (Å²) in [5.41, 5.74) is -0.0182. The van der Waals surface area contributed by atoms with Crippen LogP contribution in [0.2, 0.25) is 0 Å². The Morgan fingerprint density at radius 2 is 2.25 bits per heavy atom. The molecule has 1 amide bonds. The van der Waals surface area contributed by atoms with Crippen LogP contribution in [-0.4, -0.2) is 35.0 Å². The van der Waals surface area contributed by atoms with Crippen LogP contribution in [0.3, 0.4) is 0 Å². The van der Waals surface area contributed by atoms with E-state index < -0.39 is 0 Å². The molecule has 0 aliphatic carbocycles. The van der Waals surface area contributed by atoms with E-state index in [1.54, 1.807) is 6.07 Å². The molecule has 0 aromatic carbocycles. The minimum Gasteiger partial charge on any atom is -0.326 e. The van der Waals surface area contributed by atoms with Crippen molar-refractivity contribution in [1.29, 1.82) is 0 Å². The molecule has 1 fully saturated rings. The summed E-state index contributed by atoms with van der Waals surface area (Å²) in [6.45, 7) is 0.931. The van der Waals surface area contributed by atoms with Crippen LogP contribution in [0.25, 0.3) is 0 Å². The first kappa shape index (κ1) is 19.8. The molecule has 1 unspecified atom stereocenters. The van der Waals surface area contributed by atoms with Gasteiger partial charge in [0.1, 0.15) is 5.69 Å². The Kier molecular flexibility index (Phi) is 9.58. The van der Waals surface area contributed by atoms with Gasteiger partial charge in [-0.2, -0.15) is 11.8 Å². The van der Waals surface area contributed by atoms with Crippen molar-refractivity contribution in [3.05, 3.63) is 27.1 Å². The predicted octanol–water partition coefficient (Wildman–Crippen LogP) is 2.01. The molecular weight excluding hydrogens is 389 g/mol.